The molecule has 6 heavy (non-hydrogen) atoms. The van der Waals surface area contributed by atoms with Gasteiger partial charge in [0.2, 0.25) is 0 Å². The van der Waals surface area contributed by atoms with E-state index >= 15 is 0 Å². The van der Waals surface area contributed by atoms with Crippen molar-refractivity contribution in [3.8, 4) is 0 Å². The molecule has 0 aromatic carbocycles. The van der Waals surface area contributed by atoms with Gasteiger partial charge in [0, 0.05) is 0 Å². The van der Waals surface area contributed by atoms with Crippen molar-refractivity contribution in [2.45, 2.75) is 0 Å². The van der Waals surface area contributed by atoms with E-state index in [0.717, 1.165) is 0 Å². The van der Waals surface area contributed by atoms with Crippen LogP contribution in [-0.2, 0) is 9.35 Å². The van der Waals surface area contributed by atoms with E-state index in [1.165, 1.54) is 0 Å². The molecular formula is H2BO4P. The fourth-order valence-electron chi connectivity index (χ4n) is 0.0491. The van der Waals surface area contributed by atoms with E-state index in [1.54, 1.807) is 0 Å². The zero-order valence-corrected chi connectivity index (χ0v) is 3.63. The Morgan fingerprint density at radius 2 is 1.50 bits per heavy atom. The summed E-state index contributed by atoms with van der Waals surface area (Å²) in [6.07, 6.45) is 0. The van der Waals surface area contributed by atoms with Gasteiger partial charge in [-0.15, -0.1) is 0 Å². The molecule has 6 heteroatoms. The third-order valence-electron chi connectivity index (χ3n) is 0.294. The molecule has 4 nitrogen and oxygen atoms in total. The van der Waals surface area contributed by atoms with Crippen molar-refractivity contribution in [2.75, 3.05) is 0 Å². The third kappa shape index (κ3) is 0.896. The predicted octanol–water partition coefficient (Wildman–Crippen LogP) is -0.770. The van der Waals surface area contributed by atoms with E-state index in [0.29, 0.717) is 0 Å². The van der Waals surface area contributed by atoms with Crippen molar-refractivity contribution in [1.82, 2.24) is 0 Å². The van der Waals surface area contributed by atoms with Crippen LogP contribution in [0.25, 0.3) is 0 Å². The van der Waals surface area contributed by atoms with E-state index in [9.17, 15) is 0 Å². The summed E-state index contributed by atoms with van der Waals surface area (Å²) < 4.78 is 7.21. The van der Waals surface area contributed by atoms with E-state index in [-0.39, 0.29) is 0 Å². The standard InChI is InChI=1S/BH2O4P/c1-6(2,3)4-5-6/h2-3H. The molecule has 0 amide bonds. The minimum atomic E-state index is -4.30. The van der Waals surface area contributed by atoms with Gasteiger partial charge in [0.1, 0.15) is 0 Å². The molecule has 0 saturated carbocycles. The molecule has 0 aromatic rings. The quantitative estimate of drug-likeness (QED) is 0.185. The van der Waals surface area contributed by atoms with Gasteiger partial charge in [-0.25, -0.2) is 0 Å². The topological polar surface area (TPSA) is 65.5 Å². The van der Waals surface area contributed by atoms with Gasteiger partial charge in [0.15, 0.2) is 0 Å². The summed E-state index contributed by atoms with van der Waals surface area (Å²) in [4.78, 5) is 16.2. The van der Waals surface area contributed by atoms with Crippen molar-refractivity contribution in [2.24, 2.45) is 0 Å². The number of hydrogen-bond acceptors (Lipinski definition) is 4. The monoisotopic (exact) mass is 108 g/mol. The van der Waals surface area contributed by atoms with Crippen molar-refractivity contribution in [1.29, 1.82) is 0 Å². The van der Waals surface area contributed by atoms with Crippen LogP contribution in [0.3, 0.4) is 0 Å². The molecule has 0 atom stereocenters. The van der Waals surface area contributed by atoms with Gasteiger partial charge in [0.05, 0.1) is 0 Å². The molecule has 1 aliphatic heterocycles. The summed E-state index contributed by atoms with van der Waals surface area (Å²) in [5.41, 5.74) is 0. The molecule has 34 valence electrons. The second-order valence-corrected chi connectivity index (χ2v) is 3.24. The van der Waals surface area contributed by atoms with E-state index in [2.05, 4.69) is 16.9 Å². The average Bonchev–Trinajstić information content (AvgIpc) is 1.73. The molecule has 2 N–H and O–H groups in total. The molecule has 0 spiro atoms. The Morgan fingerprint density at radius 1 is 1.33 bits per heavy atom. The predicted molar refractivity (Wildman–Crippen MR) is 19.3 cm³/mol. The molecule has 0 bridgehead atoms. The van der Waals surface area contributed by atoms with Crippen LogP contribution in [0.2, 0.25) is 0 Å². The summed E-state index contributed by atoms with van der Waals surface area (Å²) in [7, 11) is 0.206. The second-order valence-electron chi connectivity index (χ2n) is 1.08. The molecule has 0 aliphatic carbocycles. The number of rotatable bonds is 0. The Bertz CT molecular complexity index is 71.3. The maximum atomic E-state index is 8.12. The van der Waals surface area contributed by atoms with E-state index in [4.69, 9.17) is 9.79 Å². The Kier molecular flexibility index (Phi) is 0.493. The summed E-state index contributed by atoms with van der Waals surface area (Å²) in [6.45, 7) is 0. The molecule has 1 fully saturated rings. The SMILES string of the molecule is [B]P1(O)(O)OO1. The van der Waals surface area contributed by atoms with Crippen LogP contribution in [0.15, 0.2) is 0 Å². The van der Waals surface area contributed by atoms with Gasteiger partial charge in [-0.3, -0.25) is 0 Å². The zero-order chi connectivity index (χ0) is 4.86. The first-order chi connectivity index (χ1) is 2.47. The number of hydrogen-bond donors (Lipinski definition) is 2. The first-order valence-electron chi connectivity index (χ1n) is 1.19. The van der Waals surface area contributed by atoms with Crippen molar-refractivity contribution < 1.29 is 19.1 Å². The molecule has 1 aliphatic rings. The Labute approximate surface area is 35.2 Å². The van der Waals surface area contributed by atoms with Crippen LogP contribution >= 0.6 is 7.39 Å². The van der Waals surface area contributed by atoms with Crippen LogP contribution in [0.5, 0.6) is 0 Å². The van der Waals surface area contributed by atoms with Crippen LogP contribution in [0.4, 0.5) is 0 Å². The summed E-state index contributed by atoms with van der Waals surface area (Å²) in [5, 5.41) is 0. The Morgan fingerprint density at radius 3 is 1.50 bits per heavy atom. The fraction of sp³-hybridized carbons (Fsp3) is 0. The van der Waals surface area contributed by atoms with Gasteiger partial charge >= 0.3 is 34.1 Å². The van der Waals surface area contributed by atoms with Gasteiger partial charge in [0.25, 0.3) is 0 Å². The molecule has 0 aromatic heterocycles. The minimum absolute atomic E-state index is 3.60. The first kappa shape index (κ1) is 4.49. The Balaban J connectivity index is 2.67. The van der Waals surface area contributed by atoms with Gasteiger partial charge < -0.3 is 0 Å². The fourth-order valence-corrected chi connectivity index (χ4v) is 0.442. The summed E-state index contributed by atoms with van der Waals surface area (Å²) in [5.74, 6) is 0. The third-order valence-corrected chi connectivity index (χ3v) is 0.882. The van der Waals surface area contributed by atoms with Crippen LogP contribution in [0, 0.1) is 0 Å². The van der Waals surface area contributed by atoms with Gasteiger partial charge in [-0.2, -0.15) is 0 Å². The van der Waals surface area contributed by atoms with E-state index in [1.807, 2.05) is 0 Å². The summed E-state index contributed by atoms with van der Waals surface area (Å²) in [6, 6.07) is 0. The molecule has 1 saturated heterocycles. The van der Waals surface area contributed by atoms with Gasteiger partial charge in [-0.1, -0.05) is 0 Å². The summed E-state index contributed by atoms with van der Waals surface area (Å²) >= 11 is 0. The van der Waals surface area contributed by atoms with Gasteiger partial charge in [-0.05, 0) is 0 Å². The van der Waals surface area contributed by atoms with Crippen molar-refractivity contribution in [3.63, 3.8) is 0 Å². The second kappa shape index (κ2) is 0.659. The van der Waals surface area contributed by atoms with Crippen LogP contribution < -0.4 is 0 Å². The average molecular weight is 108 g/mol. The van der Waals surface area contributed by atoms with Crippen LogP contribution in [-0.4, -0.2) is 17.4 Å². The van der Waals surface area contributed by atoms with E-state index < -0.39 is 7.39 Å². The molecule has 2 radical (unpaired) electrons. The maximum absolute atomic E-state index is 8.12. The van der Waals surface area contributed by atoms with Crippen molar-refractivity contribution >= 4 is 15.0 Å². The molecule has 1 heterocycles. The normalized spacial score (nSPS) is 42.7. The Hall–Kier alpha value is 0.335. The molecule has 1 rings (SSSR count). The molecular weight excluding hydrogens is 106 g/mol. The zero-order valence-electron chi connectivity index (χ0n) is 2.74. The van der Waals surface area contributed by atoms with Crippen LogP contribution in [0.1, 0.15) is 0 Å². The molecule has 0 unspecified atom stereocenters. The van der Waals surface area contributed by atoms with Crippen molar-refractivity contribution in [3.05, 3.63) is 0 Å². The first-order valence-corrected chi connectivity index (χ1v) is 3.24.